The van der Waals surface area contributed by atoms with Gasteiger partial charge in [-0.15, -0.1) is 10.2 Å². The molecule has 3 aromatic heterocycles. The summed E-state index contributed by atoms with van der Waals surface area (Å²) >= 11 is 5.93. The highest BCUT2D eigenvalue weighted by Crippen LogP contribution is 2.43. The number of hydrogen-bond donors (Lipinski definition) is 1. The van der Waals surface area contributed by atoms with Crippen LogP contribution in [0.1, 0.15) is 34.7 Å². The van der Waals surface area contributed by atoms with Crippen LogP contribution >= 0.6 is 12.2 Å². The van der Waals surface area contributed by atoms with Crippen molar-refractivity contribution in [3.8, 4) is 0 Å². The summed E-state index contributed by atoms with van der Waals surface area (Å²) in [4.78, 5) is 9.26. The number of nitrogens with zero attached hydrogens (tertiary/aromatic N) is 7. The number of benzene rings is 1. The molecule has 4 aromatic rings. The summed E-state index contributed by atoms with van der Waals surface area (Å²) in [5.41, 5.74) is 6.54. The highest BCUT2D eigenvalue weighted by Gasteiger charge is 2.42. The molecule has 0 spiro atoms. The van der Waals surface area contributed by atoms with Crippen LogP contribution in [0.4, 0.5) is 11.4 Å². The third-order valence-corrected chi connectivity index (χ3v) is 7.31. The Kier molecular flexibility index (Phi) is 5.90. The number of morpholine rings is 1. The zero-order valence-electron chi connectivity index (χ0n) is 20.3. The summed E-state index contributed by atoms with van der Waals surface area (Å²) in [5, 5.41) is 12.2. The molecule has 0 radical (unpaired) electrons. The lowest BCUT2D eigenvalue weighted by Crippen LogP contribution is -2.36. The Morgan fingerprint density at radius 1 is 0.972 bits per heavy atom. The van der Waals surface area contributed by atoms with E-state index in [1.807, 2.05) is 23.0 Å². The number of hydrogen-bond acceptors (Lipinski definition) is 6. The number of rotatable bonds is 5. The molecule has 36 heavy (non-hydrogen) atoms. The van der Waals surface area contributed by atoms with Gasteiger partial charge in [0.15, 0.2) is 5.11 Å². The van der Waals surface area contributed by atoms with Crippen LogP contribution in [-0.4, -0.2) is 55.9 Å². The average molecular weight is 501 g/mol. The molecule has 6 rings (SSSR count). The molecule has 10 heteroatoms. The lowest BCUT2D eigenvalue weighted by molar-refractivity contribution is 0.122. The highest BCUT2D eigenvalue weighted by molar-refractivity contribution is 7.80. The van der Waals surface area contributed by atoms with Gasteiger partial charge in [0, 0.05) is 47.6 Å². The number of anilines is 2. The van der Waals surface area contributed by atoms with Gasteiger partial charge >= 0.3 is 0 Å². The molecule has 2 saturated heterocycles. The molecule has 184 valence electrons. The third kappa shape index (κ3) is 3.92. The van der Waals surface area contributed by atoms with Crippen LogP contribution in [0.2, 0.25) is 0 Å². The predicted molar refractivity (Wildman–Crippen MR) is 142 cm³/mol. The maximum atomic E-state index is 5.93. The minimum atomic E-state index is -0.104. The van der Waals surface area contributed by atoms with E-state index in [1.54, 1.807) is 12.7 Å². The number of ether oxygens (including phenoxy) is 1. The first-order chi connectivity index (χ1) is 17.6. The largest absolute Gasteiger partial charge is 0.378 e. The van der Waals surface area contributed by atoms with E-state index in [0.717, 1.165) is 49.1 Å². The van der Waals surface area contributed by atoms with E-state index in [4.69, 9.17) is 17.0 Å². The van der Waals surface area contributed by atoms with E-state index < -0.39 is 0 Å². The van der Waals surface area contributed by atoms with Gasteiger partial charge in [-0.1, -0.05) is 6.07 Å². The second-order valence-corrected chi connectivity index (χ2v) is 9.48. The minimum absolute atomic E-state index is 0.0851. The number of aryl methyl sites for hydroxylation is 1. The lowest BCUT2D eigenvalue weighted by atomic mass is 9.96. The summed E-state index contributed by atoms with van der Waals surface area (Å²) in [6.07, 6.45) is 5.25. The Morgan fingerprint density at radius 3 is 2.39 bits per heavy atom. The van der Waals surface area contributed by atoms with E-state index in [1.165, 1.54) is 11.3 Å². The topological polar surface area (TPSA) is 76.3 Å². The predicted octanol–water partition coefficient (Wildman–Crippen LogP) is 3.42. The molecular formula is C26H28N8OS. The smallest absolute Gasteiger partial charge is 0.174 e. The van der Waals surface area contributed by atoms with Crippen molar-refractivity contribution in [2.75, 3.05) is 36.1 Å². The van der Waals surface area contributed by atoms with E-state index in [-0.39, 0.29) is 12.1 Å². The summed E-state index contributed by atoms with van der Waals surface area (Å²) < 4.78 is 9.53. The molecule has 1 aromatic carbocycles. The first kappa shape index (κ1) is 22.7. The van der Waals surface area contributed by atoms with E-state index in [0.29, 0.717) is 5.11 Å². The van der Waals surface area contributed by atoms with Gasteiger partial charge in [0.05, 0.1) is 31.0 Å². The van der Waals surface area contributed by atoms with Gasteiger partial charge in [-0.3, -0.25) is 9.66 Å². The Balaban J connectivity index is 1.43. The quantitative estimate of drug-likeness (QED) is 0.418. The first-order valence-corrected chi connectivity index (χ1v) is 12.5. The second kappa shape index (κ2) is 9.36. The van der Waals surface area contributed by atoms with Crippen molar-refractivity contribution in [1.29, 1.82) is 0 Å². The Labute approximate surface area is 215 Å². The zero-order chi connectivity index (χ0) is 24.6. The Morgan fingerprint density at radius 2 is 1.69 bits per heavy atom. The van der Waals surface area contributed by atoms with Crippen LogP contribution < -0.4 is 15.1 Å². The van der Waals surface area contributed by atoms with Crippen molar-refractivity contribution in [3.63, 3.8) is 0 Å². The standard InChI is InChI=1S/C26H28N8OS/c1-18-15-22(19(2)34(18)32-16-28-29-17-32)25-24(23-5-3-4-10-27-23)30-26(36)33(25)21-8-6-20(7-9-21)31-11-13-35-14-12-31/h3-10,15-17,24-25H,11-14H2,1-2H3,(H,30,36). The number of thiocarbonyl (C=S) groups is 1. The molecule has 0 amide bonds. The van der Waals surface area contributed by atoms with Crippen molar-refractivity contribution in [3.05, 3.63) is 90.0 Å². The molecule has 2 fully saturated rings. The molecule has 0 saturated carbocycles. The van der Waals surface area contributed by atoms with Crippen LogP contribution in [-0.2, 0) is 4.74 Å². The fourth-order valence-corrected chi connectivity index (χ4v) is 5.67. The van der Waals surface area contributed by atoms with Crippen LogP contribution in [0.25, 0.3) is 0 Å². The van der Waals surface area contributed by atoms with Crippen molar-refractivity contribution in [2.24, 2.45) is 0 Å². The third-order valence-electron chi connectivity index (χ3n) is 6.99. The molecule has 9 nitrogen and oxygen atoms in total. The van der Waals surface area contributed by atoms with Gasteiger partial charge < -0.3 is 19.9 Å². The first-order valence-electron chi connectivity index (χ1n) is 12.1. The highest BCUT2D eigenvalue weighted by atomic mass is 32.1. The molecule has 2 unspecified atom stereocenters. The number of pyridine rings is 1. The fraction of sp³-hybridized carbons (Fsp3) is 0.308. The van der Waals surface area contributed by atoms with Gasteiger partial charge in [-0.05, 0) is 68.5 Å². The van der Waals surface area contributed by atoms with E-state index in [9.17, 15) is 0 Å². The van der Waals surface area contributed by atoms with Crippen molar-refractivity contribution < 1.29 is 4.74 Å². The SMILES string of the molecule is Cc1cc(C2C(c3ccccn3)NC(=S)N2c2ccc(N3CCOCC3)cc2)c(C)n1-n1cnnc1. The minimum Gasteiger partial charge on any atom is -0.378 e. The fourth-order valence-electron chi connectivity index (χ4n) is 5.33. The van der Waals surface area contributed by atoms with E-state index in [2.05, 4.69) is 85.2 Å². The number of nitrogens with one attached hydrogen (secondary N) is 1. The maximum absolute atomic E-state index is 5.93. The van der Waals surface area contributed by atoms with Crippen molar-refractivity contribution in [1.82, 2.24) is 29.9 Å². The van der Waals surface area contributed by atoms with Gasteiger partial charge in [0.1, 0.15) is 12.7 Å². The molecule has 0 aliphatic carbocycles. The summed E-state index contributed by atoms with van der Waals surface area (Å²) in [5.74, 6) is 0. The molecular weight excluding hydrogens is 472 g/mol. The maximum Gasteiger partial charge on any atom is 0.174 e. The van der Waals surface area contributed by atoms with Crippen LogP contribution in [0.5, 0.6) is 0 Å². The lowest BCUT2D eigenvalue weighted by Gasteiger charge is -2.31. The van der Waals surface area contributed by atoms with Crippen LogP contribution in [0, 0.1) is 13.8 Å². The summed E-state index contributed by atoms with van der Waals surface area (Å²) in [6, 6.07) is 16.7. The molecule has 2 aliphatic heterocycles. The molecule has 0 bridgehead atoms. The Hall–Kier alpha value is -3.76. The monoisotopic (exact) mass is 500 g/mol. The van der Waals surface area contributed by atoms with Gasteiger partial charge in [0.25, 0.3) is 0 Å². The second-order valence-electron chi connectivity index (χ2n) is 9.09. The molecule has 5 heterocycles. The normalized spacial score (nSPS) is 20.1. The number of aromatic nitrogens is 5. The van der Waals surface area contributed by atoms with Gasteiger partial charge in [-0.2, -0.15) is 0 Å². The molecule has 2 atom stereocenters. The molecule has 2 aliphatic rings. The van der Waals surface area contributed by atoms with E-state index >= 15 is 0 Å². The summed E-state index contributed by atoms with van der Waals surface area (Å²) in [6.45, 7) is 7.55. The van der Waals surface area contributed by atoms with Crippen molar-refractivity contribution >= 4 is 28.7 Å². The average Bonchev–Trinajstić information content (AvgIpc) is 3.63. The summed E-state index contributed by atoms with van der Waals surface area (Å²) in [7, 11) is 0. The Bertz CT molecular complexity index is 1350. The molecule has 1 N–H and O–H groups in total. The van der Waals surface area contributed by atoms with Crippen LogP contribution in [0.3, 0.4) is 0 Å². The van der Waals surface area contributed by atoms with Crippen molar-refractivity contribution in [2.45, 2.75) is 25.9 Å². The van der Waals surface area contributed by atoms with Gasteiger partial charge in [0.2, 0.25) is 0 Å². The zero-order valence-corrected chi connectivity index (χ0v) is 21.1. The van der Waals surface area contributed by atoms with Crippen LogP contribution in [0.15, 0.2) is 67.4 Å². The van der Waals surface area contributed by atoms with Gasteiger partial charge in [-0.25, -0.2) is 4.68 Å².